The average molecular weight is 260 g/mol. The third-order valence-electron chi connectivity index (χ3n) is 4.32. The number of rotatable bonds is 6. The predicted molar refractivity (Wildman–Crippen MR) is 82.0 cm³/mol. The van der Waals surface area contributed by atoms with E-state index < -0.39 is 0 Å². The molecule has 3 N–H and O–H groups in total. The van der Waals surface area contributed by atoms with E-state index in [1.54, 1.807) is 0 Å². The van der Waals surface area contributed by atoms with E-state index in [9.17, 15) is 0 Å². The van der Waals surface area contributed by atoms with Crippen LogP contribution in [0.5, 0.6) is 0 Å². The highest BCUT2D eigenvalue weighted by Crippen LogP contribution is 2.36. The molecule has 0 bridgehead atoms. The molecule has 2 nitrogen and oxygen atoms in total. The molecule has 2 atom stereocenters. The Bertz CT molecular complexity index is 372. The van der Waals surface area contributed by atoms with E-state index in [4.69, 9.17) is 5.73 Å². The Hall–Kier alpha value is -0.860. The van der Waals surface area contributed by atoms with Gasteiger partial charge in [0, 0.05) is 12.1 Å². The molecule has 1 aromatic carbocycles. The number of nitrogens with two attached hydrogens (primary N) is 1. The smallest absolute Gasteiger partial charge is 0.0295 e. The van der Waals surface area contributed by atoms with E-state index in [0.717, 1.165) is 25.4 Å². The van der Waals surface area contributed by atoms with Crippen molar-refractivity contribution < 1.29 is 0 Å². The van der Waals surface area contributed by atoms with Crippen LogP contribution in [0.2, 0.25) is 0 Å². The summed E-state index contributed by atoms with van der Waals surface area (Å²) in [7, 11) is 0. The second-order valence-electron chi connectivity index (χ2n) is 6.72. The summed E-state index contributed by atoms with van der Waals surface area (Å²) < 4.78 is 0. The first kappa shape index (κ1) is 14.5. The van der Waals surface area contributed by atoms with Gasteiger partial charge in [0.2, 0.25) is 0 Å². The average Bonchev–Trinajstić information content (AvgIpc) is 2.75. The van der Waals surface area contributed by atoms with E-state index in [2.05, 4.69) is 43.4 Å². The minimum atomic E-state index is 0.183. The second kappa shape index (κ2) is 6.53. The Morgan fingerprint density at radius 3 is 2.68 bits per heavy atom. The van der Waals surface area contributed by atoms with Crippen molar-refractivity contribution in [1.29, 1.82) is 0 Å². The molecule has 106 valence electrons. The lowest BCUT2D eigenvalue weighted by Gasteiger charge is -2.18. The van der Waals surface area contributed by atoms with Crippen LogP contribution >= 0.6 is 0 Å². The Morgan fingerprint density at radius 1 is 1.32 bits per heavy atom. The van der Waals surface area contributed by atoms with Gasteiger partial charge >= 0.3 is 0 Å². The van der Waals surface area contributed by atoms with Crippen molar-refractivity contribution in [3.63, 3.8) is 0 Å². The van der Waals surface area contributed by atoms with Crippen molar-refractivity contribution in [2.75, 3.05) is 6.54 Å². The molecule has 0 aliphatic heterocycles. The molecule has 0 amide bonds. The van der Waals surface area contributed by atoms with Gasteiger partial charge in [-0.25, -0.2) is 0 Å². The zero-order valence-electron chi connectivity index (χ0n) is 12.4. The van der Waals surface area contributed by atoms with Gasteiger partial charge in [0.05, 0.1) is 0 Å². The summed E-state index contributed by atoms with van der Waals surface area (Å²) in [5.41, 5.74) is 8.00. The zero-order chi connectivity index (χ0) is 13.7. The van der Waals surface area contributed by atoms with E-state index in [1.807, 2.05) is 6.07 Å². The van der Waals surface area contributed by atoms with Crippen molar-refractivity contribution in [3.05, 3.63) is 35.9 Å². The fraction of sp³-hybridized carbons (Fsp3) is 0.647. The third kappa shape index (κ3) is 4.63. The monoisotopic (exact) mass is 260 g/mol. The maximum absolute atomic E-state index is 6.20. The van der Waals surface area contributed by atoms with Crippen LogP contribution in [0.4, 0.5) is 0 Å². The van der Waals surface area contributed by atoms with Gasteiger partial charge in [0.1, 0.15) is 0 Å². The van der Waals surface area contributed by atoms with E-state index in [1.165, 1.54) is 24.8 Å². The SMILES string of the molecule is CC1(C)CCC(NCCCC(N)c2ccccc2)C1. The standard InChI is InChI=1S/C17H28N2/c1-17(2)11-10-15(13-17)19-12-6-9-16(18)14-7-4-3-5-8-14/h3-5,7-8,15-16,19H,6,9-13,18H2,1-2H3. The van der Waals surface area contributed by atoms with Crippen molar-refractivity contribution in [2.45, 2.75) is 58.0 Å². The lowest BCUT2D eigenvalue weighted by Crippen LogP contribution is -2.28. The van der Waals surface area contributed by atoms with Crippen LogP contribution in [0, 0.1) is 5.41 Å². The van der Waals surface area contributed by atoms with Gasteiger partial charge in [-0.2, -0.15) is 0 Å². The Kier molecular flexibility index (Phi) is 5.00. The van der Waals surface area contributed by atoms with Gasteiger partial charge in [0.25, 0.3) is 0 Å². The molecule has 0 saturated heterocycles. The van der Waals surface area contributed by atoms with Crippen molar-refractivity contribution in [1.82, 2.24) is 5.32 Å². The highest BCUT2D eigenvalue weighted by atomic mass is 14.9. The quantitative estimate of drug-likeness (QED) is 0.766. The molecule has 2 heteroatoms. The molecule has 19 heavy (non-hydrogen) atoms. The summed E-state index contributed by atoms with van der Waals surface area (Å²) in [6.07, 6.45) is 6.23. The Labute approximate surface area is 117 Å². The van der Waals surface area contributed by atoms with Gasteiger partial charge in [-0.3, -0.25) is 0 Å². The Morgan fingerprint density at radius 2 is 2.05 bits per heavy atom. The molecule has 1 fully saturated rings. The van der Waals surface area contributed by atoms with Gasteiger partial charge in [0.15, 0.2) is 0 Å². The second-order valence-corrected chi connectivity index (χ2v) is 6.72. The molecule has 0 aromatic heterocycles. The Balaban J connectivity index is 1.62. The molecule has 0 radical (unpaired) electrons. The van der Waals surface area contributed by atoms with Crippen LogP contribution in [0.25, 0.3) is 0 Å². The van der Waals surface area contributed by atoms with E-state index in [-0.39, 0.29) is 6.04 Å². The van der Waals surface area contributed by atoms with Gasteiger partial charge in [-0.1, -0.05) is 44.2 Å². The molecule has 2 unspecified atom stereocenters. The van der Waals surface area contributed by atoms with Gasteiger partial charge in [-0.15, -0.1) is 0 Å². The maximum Gasteiger partial charge on any atom is 0.0295 e. The summed E-state index contributed by atoms with van der Waals surface area (Å²) >= 11 is 0. The van der Waals surface area contributed by atoms with E-state index >= 15 is 0 Å². The largest absolute Gasteiger partial charge is 0.324 e. The molecule has 0 spiro atoms. The molecule has 2 rings (SSSR count). The number of nitrogens with one attached hydrogen (secondary N) is 1. The first-order valence-electron chi connectivity index (χ1n) is 7.61. The molecular weight excluding hydrogens is 232 g/mol. The minimum Gasteiger partial charge on any atom is -0.324 e. The van der Waals surface area contributed by atoms with Crippen LogP contribution in [-0.4, -0.2) is 12.6 Å². The van der Waals surface area contributed by atoms with Crippen molar-refractivity contribution in [2.24, 2.45) is 11.1 Å². The minimum absolute atomic E-state index is 0.183. The van der Waals surface area contributed by atoms with Crippen molar-refractivity contribution in [3.8, 4) is 0 Å². The molecule has 1 saturated carbocycles. The summed E-state index contributed by atoms with van der Waals surface area (Å²) in [6.45, 7) is 5.85. The van der Waals surface area contributed by atoms with Crippen LogP contribution in [-0.2, 0) is 0 Å². The van der Waals surface area contributed by atoms with Crippen molar-refractivity contribution >= 4 is 0 Å². The van der Waals surface area contributed by atoms with Crippen LogP contribution in [0.15, 0.2) is 30.3 Å². The summed E-state index contributed by atoms with van der Waals surface area (Å²) in [4.78, 5) is 0. The highest BCUT2D eigenvalue weighted by Gasteiger charge is 2.30. The molecular formula is C17H28N2. The normalized spacial score (nSPS) is 23.4. The third-order valence-corrected chi connectivity index (χ3v) is 4.32. The first-order chi connectivity index (χ1) is 9.07. The van der Waals surface area contributed by atoms with Crippen LogP contribution in [0.1, 0.15) is 57.6 Å². The number of benzene rings is 1. The summed E-state index contributed by atoms with van der Waals surface area (Å²) in [5.74, 6) is 0. The lowest BCUT2D eigenvalue weighted by atomic mass is 9.92. The highest BCUT2D eigenvalue weighted by molar-refractivity contribution is 5.18. The molecule has 1 aromatic rings. The lowest BCUT2D eigenvalue weighted by molar-refractivity contribution is 0.363. The topological polar surface area (TPSA) is 38.0 Å². The molecule has 0 heterocycles. The maximum atomic E-state index is 6.20. The molecule has 1 aliphatic carbocycles. The van der Waals surface area contributed by atoms with Crippen LogP contribution in [0.3, 0.4) is 0 Å². The van der Waals surface area contributed by atoms with Gasteiger partial charge < -0.3 is 11.1 Å². The van der Waals surface area contributed by atoms with Gasteiger partial charge in [-0.05, 0) is 49.6 Å². The summed E-state index contributed by atoms with van der Waals surface area (Å²) in [6, 6.07) is 11.3. The zero-order valence-corrected chi connectivity index (χ0v) is 12.4. The number of hydrogen-bond donors (Lipinski definition) is 2. The fourth-order valence-electron chi connectivity index (χ4n) is 3.11. The first-order valence-corrected chi connectivity index (χ1v) is 7.61. The van der Waals surface area contributed by atoms with Crippen LogP contribution < -0.4 is 11.1 Å². The molecule has 1 aliphatic rings. The summed E-state index contributed by atoms with van der Waals surface area (Å²) in [5, 5.41) is 3.69. The van der Waals surface area contributed by atoms with E-state index in [0.29, 0.717) is 5.41 Å². The predicted octanol–water partition coefficient (Wildman–Crippen LogP) is 3.63. The number of hydrogen-bond acceptors (Lipinski definition) is 2. The fourth-order valence-corrected chi connectivity index (χ4v) is 3.11.